The molecule has 0 amide bonds. The first-order valence-electron chi connectivity index (χ1n) is 6.59. The van der Waals surface area contributed by atoms with Gasteiger partial charge in [-0.15, -0.1) is 0 Å². The average Bonchev–Trinajstić information content (AvgIpc) is 2.37. The fourth-order valence-electron chi connectivity index (χ4n) is 2.57. The fraction of sp³-hybridized carbons (Fsp3) is 0.250. The van der Waals surface area contributed by atoms with Crippen LogP contribution in [-0.4, -0.2) is 6.04 Å². The molecule has 1 fully saturated rings. The molecule has 0 radical (unpaired) electrons. The molecular weight excluding hydrogens is 401 g/mol. The summed E-state index contributed by atoms with van der Waals surface area (Å²) in [7, 11) is 0. The highest BCUT2D eigenvalue weighted by molar-refractivity contribution is 9.11. The van der Waals surface area contributed by atoms with Gasteiger partial charge in [0, 0.05) is 25.7 Å². The quantitative estimate of drug-likeness (QED) is 0.627. The number of hydrogen-bond acceptors (Lipinski definition) is 1. The van der Waals surface area contributed by atoms with Crippen molar-refractivity contribution in [2.75, 3.05) is 5.32 Å². The van der Waals surface area contributed by atoms with Crippen LogP contribution >= 0.6 is 43.5 Å². The molecule has 2 aromatic carbocycles. The van der Waals surface area contributed by atoms with E-state index < -0.39 is 0 Å². The average molecular weight is 416 g/mol. The zero-order valence-corrected chi connectivity index (χ0v) is 14.7. The van der Waals surface area contributed by atoms with Crippen molar-refractivity contribution in [3.8, 4) is 0 Å². The Morgan fingerprint density at radius 2 is 1.70 bits per heavy atom. The van der Waals surface area contributed by atoms with Gasteiger partial charge in [0.25, 0.3) is 0 Å². The summed E-state index contributed by atoms with van der Waals surface area (Å²) in [5, 5.41) is 4.40. The molecule has 104 valence electrons. The van der Waals surface area contributed by atoms with E-state index in [2.05, 4.69) is 67.5 Å². The SMILES string of the molecule is Clc1ccc(C2CC(Nc3ccc(Br)cc3Br)C2)cc1. The maximum atomic E-state index is 5.92. The van der Waals surface area contributed by atoms with E-state index in [0.717, 1.165) is 19.7 Å². The van der Waals surface area contributed by atoms with Gasteiger partial charge in [0.2, 0.25) is 0 Å². The lowest BCUT2D eigenvalue weighted by atomic mass is 9.76. The minimum absolute atomic E-state index is 0.549. The maximum absolute atomic E-state index is 5.92. The number of hydrogen-bond donors (Lipinski definition) is 1. The summed E-state index contributed by atoms with van der Waals surface area (Å²) in [6, 6.07) is 15.0. The Morgan fingerprint density at radius 3 is 2.35 bits per heavy atom. The van der Waals surface area contributed by atoms with Crippen LogP contribution in [0.1, 0.15) is 24.3 Å². The first-order chi connectivity index (χ1) is 9.61. The van der Waals surface area contributed by atoms with Gasteiger partial charge in [-0.2, -0.15) is 0 Å². The molecule has 0 atom stereocenters. The van der Waals surface area contributed by atoms with E-state index in [1.54, 1.807) is 0 Å². The van der Waals surface area contributed by atoms with Crippen LogP contribution in [0.2, 0.25) is 5.02 Å². The molecule has 1 saturated carbocycles. The molecule has 0 aliphatic heterocycles. The lowest BCUT2D eigenvalue weighted by Crippen LogP contribution is -2.34. The van der Waals surface area contributed by atoms with Crippen LogP contribution in [0.4, 0.5) is 5.69 Å². The standard InChI is InChI=1S/C16H14Br2ClN/c17-12-3-6-16(15(18)9-12)20-14-7-11(8-14)10-1-4-13(19)5-2-10/h1-6,9,11,14,20H,7-8H2. The number of benzene rings is 2. The summed E-state index contributed by atoms with van der Waals surface area (Å²) in [5.74, 6) is 0.652. The monoisotopic (exact) mass is 413 g/mol. The van der Waals surface area contributed by atoms with Crippen molar-refractivity contribution in [2.24, 2.45) is 0 Å². The van der Waals surface area contributed by atoms with Crippen LogP contribution in [0.15, 0.2) is 51.4 Å². The minimum Gasteiger partial charge on any atom is -0.381 e. The third kappa shape index (κ3) is 3.21. The summed E-state index contributed by atoms with van der Waals surface area (Å²) in [4.78, 5) is 0. The highest BCUT2D eigenvalue weighted by Gasteiger charge is 2.30. The summed E-state index contributed by atoms with van der Waals surface area (Å²) in [5.41, 5.74) is 2.55. The zero-order chi connectivity index (χ0) is 14.1. The van der Waals surface area contributed by atoms with E-state index in [4.69, 9.17) is 11.6 Å². The molecule has 0 spiro atoms. The topological polar surface area (TPSA) is 12.0 Å². The highest BCUT2D eigenvalue weighted by Crippen LogP contribution is 2.40. The van der Waals surface area contributed by atoms with Gasteiger partial charge in [0.15, 0.2) is 0 Å². The molecule has 1 aliphatic carbocycles. The molecule has 0 aromatic heterocycles. The van der Waals surface area contributed by atoms with Crippen LogP contribution in [0.25, 0.3) is 0 Å². The van der Waals surface area contributed by atoms with Gasteiger partial charge in [-0.1, -0.05) is 39.7 Å². The Kier molecular flexibility index (Phi) is 4.39. The smallest absolute Gasteiger partial charge is 0.0487 e. The van der Waals surface area contributed by atoms with Gasteiger partial charge < -0.3 is 5.32 Å². The van der Waals surface area contributed by atoms with Gasteiger partial charge in [-0.05, 0) is 70.6 Å². The molecule has 1 aliphatic rings. The largest absolute Gasteiger partial charge is 0.381 e. The van der Waals surface area contributed by atoms with Crippen LogP contribution in [-0.2, 0) is 0 Å². The first kappa shape index (κ1) is 14.4. The summed E-state index contributed by atoms with van der Waals surface area (Å²) >= 11 is 13.0. The molecule has 0 heterocycles. The van der Waals surface area contributed by atoms with Crippen LogP contribution in [0.3, 0.4) is 0 Å². The summed E-state index contributed by atoms with van der Waals surface area (Å²) in [6.07, 6.45) is 2.34. The van der Waals surface area contributed by atoms with Gasteiger partial charge in [-0.3, -0.25) is 0 Å². The van der Waals surface area contributed by atoms with E-state index in [0.29, 0.717) is 12.0 Å². The van der Waals surface area contributed by atoms with Crippen molar-refractivity contribution < 1.29 is 0 Å². The van der Waals surface area contributed by atoms with Gasteiger partial charge in [0.1, 0.15) is 0 Å². The van der Waals surface area contributed by atoms with Crippen molar-refractivity contribution >= 4 is 49.1 Å². The lowest BCUT2D eigenvalue weighted by Gasteiger charge is -2.37. The minimum atomic E-state index is 0.549. The van der Waals surface area contributed by atoms with Crippen molar-refractivity contribution in [2.45, 2.75) is 24.8 Å². The predicted molar refractivity (Wildman–Crippen MR) is 92.7 cm³/mol. The molecule has 3 rings (SSSR count). The van der Waals surface area contributed by atoms with Crippen molar-refractivity contribution in [3.05, 3.63) is 62.0 Å². The predicted octanol–water partition coefficient (Wildman–Crippen LogP) is 6.22. The Balaban J connectivity index is 1.59. The Labute approximate surface area is 141 Å². The third-order valence-corrected chi connectivity index (χ3v) is 5.17. The van der Waals surface area contributed by atoms with Crippen molar-refractivity contribution in [1.82, 2.24) is 0 Å². The first-order valence-corrected chi connectivity index (χ1v) is 8.55. The van der Waals surface area contributed by atoms with E-state index in [-0.39, 0.29) is 0 Å². The molecule has 0 saturated heterocycles. The van der Waals surface area contributed by atoms with Crippen molar-refractivity contribution in [1.29, 1.82) is 0 Å². The lowest BCUT2D eigenvalue weighted by molar-refractivity contribution is 0.374. The van der Waals surface area contributed by atoms with E-state index in [9.17, 15) is 0 Å². The fourth-order valence-corrected chi connectivity index (χ4v) is 3.86. The number of rotatable bonds is 3. The molecule has 2 aromatic rings. The molecule has 0 bridgehead atoms. The highest BCUT2D eigenvalue weighted by atomic mass is 79.9. The molecular formula is C16H14Br2ClN. The third-order valence-electron chi connectivity index (χ3n) is 3.77. The Morgan fingerprint density at radius 1 is 1.00 bits per heavy atom. The van der Waals surface area contributed by atoms with Crippen LogP contribution < -0.4 is 5.32 Å². The summed E-state index contributed by atoms with van der Waals surface area (Å²) in [6.45, 7) is 0. The second-order valence-electron chi connectivity index (χ2n) is 5.19. The molecule has 1 N–H and O–H groups in total. The number of anilines is 1. The Hall–Kier alpha value is -0.510. The second kappa shape index (κ2) is 6.08. The Bertz CT molecular complexity index is 606. The van der Waals surface area contributed by atoms with Gasteiger partial charge >= 0.3 is 0 Å². The van der Waals surface area contributed by atoms with Crippen LogP contribution in [0, 0.1) is 0 Å². The normalized spacial score (nSPS) is 21.4. The van der Waals surface area contributed by atoms with E-state index >= 15 is 0 Å². The molecule has 20 heavy (non-hydrogen) atoms. The van der Waals surface area contributed by atoms with E-state index in [1.807, 2.05) is 12.1 Å². The summed E-state index contributed by atoms with van der Waals surface area (Å²) < 4.78 is 2.18. The number of halogens is 3. The zero-order valence-electron chi connectivity index (χ0n) is 10.7. The molecule has 4 heteroatoms. The second-order valence-corrected chi connectivity index (χ2v) is 7.39. The van der Waals surface area contributed by atoms with Crippen molar-refractivity contribution in [3.63, 3.8) is 0 Å². The van der Waals surface area contributed by atoms with Gasteiger partial charge in [0.05, 0.1) is 0 Å². The maximum Gasteiger partial charge on any atom is 0.0487 e. The van der Waals surface area contributed by atoms with Gasteiger partial charge in [-0.25, -0.2) is 0 Å². The number of nitrogens with one attached hydrogen (secondary N) is 1. The van der Waals surface area contributed by atoms with E-state index in [1.165, 1.54) is 18.4 Å². The van der Waals surface area contributed by atoms with Crippen LogP contribution in [0.5, 0.6) is 0 Å². The molecule has 1 nitrogen and oxygen atoms in total. The molecule has 0 unspecified atom stereocenters.